The molecule has 5 aromatic rings. The summed E-state index contributed by atoms with van der Waals surface area (Å²) in [4.78, 5) is 51.8. The molecule has 3 atom stereocenters. The van der Waals surface area contributed by atoms with Gasteiger partial charge in [-0.2, -0.15) is 13.2 Å². The fraction of sp³-hybridized carbons (Fsp3) is 0.424. The maximum Gasteiger partial charge on any atom is 0.501 e. The number of anilines is 3. The van der Waals surface area contributed by atoms with Gasteiger partial charge in [0.05, 0.1) is 28.2 Å². The smallest absolute Gasteiger partial charge is 0.380 e. The van der Waals surface area contributed by atoms with Crippen LogP contribution in [0.2, 0.25) is 5.02 Å². The van der Waals surface area contributed by atoms with Gasteiger partial charge in [0.2, 0.25) is 5.91 Å². The first-order valence-electron chi connectivity index (χ1n) is 27.6. The first kappa shape index (κ1) is 59.2. The molecule has 82 heavy (non-hydrogen) atoms. The lowest BCUT2D eigenvalue weighted by molar-refractivity contribution is -0.120. The van der Waals surface area contributed by atoms with E-state index in [1.165, 1.54) is 45.5 Å². The SMILES string of the molecule is CC1(C)CCC(c2ccc(Cl)cc2)=C(CN2CCN(c3ccc(C(=O)NS(=O)(=O)c4ccc(N[C@H](CCN5CC6CCC(C5)N6Cc5ccc(N6CCC(=O)NC6=O)cn5)CSc5ccccc5)c(S(=O)(=O)C(F)(F)F)c4)cc3)CC2)C1. The van der Waals surface area contributed by atoms with Gasteiger partial charge in [0.1, 0.15) is 4.90 Å². The van der Waals surface area contributed by atoms with Crippen LogP contribution in [0.25, 0.3) is 5.57 Å². The molecule has 4 aliphatic heterocycles. The average molecular weight is 1200 g/mol. The molecule has 436 valence electrons. The van der Waals surface area contributed by atoms with Crippen LogP contribution in [-0.2, 0) is 31.2 Å². The van der Waals surface area contributed by atoms with Gasteiger partial charge in [0, 0.05) is 117 Å². The third-order valence-corrected chi connectivity index (χ3v) is 20.6. The Balaban J connectivity index is 0.783. The molecule has 3 N–H and O–H groups in total. The first-order valence-corrected chi connectivity index (χ1v) is 32.0. The van der Waals surface area contributed by atoms with E-state index in [2.05, 4.69) is 61.2 Å². The van der Waals surface area contributed by atoms with Crippen molar-refractivity contribution in [3.05, 3.63) is 143 Å². The molecule has 0 radical (unpaired) electrons. The van der Waals surface area contributed by atoms with Crippen LogP contribution in [0, 0.1) is 5.41 Å². The van der Waals surface area contributed by atoms with Crippen molar-refractivity contribution in [1.82, 2.24) is 29.7 Å². The number of rotatable bonds is 19. The van der Waals surface area contributed by atoms with Gasteiger partial charge < -0.3 is 15.1 Å². The Morgan fingerprint density at radius 2 is 1.52 bits per heavy atom. The number of nitrogens with one attached hydrogen (secondary N) is 3. The number of benzene rings is 4. The summed E-state index contributed by atoms with van der Waals surface area (Å²) in [6.07, 6.45) is 7.28. The molecule has 4 amide bonds. The second-order valence-electron chi connectivity index (χ2n) is 22.6. The number of imide groups is 1. The highest BCUT2D eigenvalue weighted by atomic mass is 35.5. The summed E-state index contributed by atoms with van der Waals surface area (Å²) in [7, 11) is -11.0. The number of aromatic nitrogens is 1. The highest BCUT2D eigenvalue weighted by Crippen LogP contribution is 2.43. The van der Waals surface area contributed by atoms with Crippen LogP contribution < -0.4 is 25.2 Å². The molecule has 2 unspecified atom stereocenters. The van der Waals surface area contributed by atoms with Crippen LogP contribution in [0.15, 0.2) is 136 Å². The largest absolute Gasteiger partial charge is 0.501 e. The van der Waals surface area contributed by atoms with Crippen molar-refractivity contribution >= 4 is 83.7 Å². The number of allylic oxidation sites excluding steroid dienone is 1. The van der Waals surface area contributed by atoms with Gasteiger partial charge >= 0.3 is 11.5 Å². The maximum absolute atomic E-state index is 14.5. The minimum absolute atomic E-state index is 0.0176. The quantitative estimate of drug-likeness (QED) is 0.0664. The number of sulfonamides is 1. The summed E-state index contributed by atoms with van der Waals surface area (Å²) in [5.74, 6) is -1.03. The Kier molecular flexibility index (Phi) is 17.8. The number of thioether (sulfide) groups is 1. The van der Waals surface area contributed by atoms with E-state index in [0.29, 0.717) is 55.1 Å². The van der Waals surface area contributed by atoms with Gasteiger partial charge in [-0.25, -0.2) is 26.4 Å². The molecular weight excluding hydrogens is 1140 g/mol. The predicted molar refractivity (Wildman–Crippen MR) is 313 cm³/mol. The highest BCUT2D eigenvalue weighted by Gasteiger charge is 2.49. The van der Waals surface area contributed by atoms with Crippen LogP contribution in [0.5, 0.6) is 0 Å². The van der Waals surface area contributed by atoms with Crippen molar-refractivity contribution in [3.63, 3.8) is 0 Å². The number of alkyl halides is 3. The van der Waals surface area contributed by atoms with Crippen LogP contribution in [-0.4, -0.2) is 143 Å². The number of carbonyl (C=O) groups excluding carboxylic acids is 3. The van der Waals surface area contributed by atoms with E-state index < -0.39 is 58.8 Å². The van der Waals surface area contributed by atoms with Gasteiger partial charge in [-0.15, -0.1) is 11.8 Å². The number of nitrogens with zero attached hydrogens (tertiary/aromatic N) is 6. The van der Waals surface area contributed by atoms with Crippen LogP contribution in [0.1, 0.15) is 80.4 Å². The molecule has 0 saturated carbocycles. The lowest BCUT2D eigenvalue weighted by Gasteiger charge is -2.41. The van der Waals surface area contributed by atoms with Crippen molar-refractivity contribution in [2.45, 2.75) is 104 Å². The minimum atomic E-state index is -6.13. The third kappa shape index (κ3) is 14.0. The molecule has 16 nitrogen and oxygen atoms in total. The second kappa shape index (κ2) is 24.7. The topological polar surface area (TPSA) is 185 Å². The number of urea groups is 1. The lowest BCUT2D eigenvalue weighted by Crippen LogP contribution is -2.53. The summed E-state index contributed by atoms with van der Waals surface area (Å²) in [6.45, 7) is 11.4. The molecule has 23 heteroatoms. The van der Waals surface area contributed by atoms with Crippen molar-refractivity contribution in [1.29, 1.82) is 0 Å². The standard InChI is InChI=1S/C59H67ClF3N9O7S3/c1-58(2)25-22-52(40-8-12-43(60)13-9-40)42(33-58)35-68-28-30-70(31-29-68)46-15-10-41(11-16-46)56(74)67-82(78,79)51-20-21-53(54(32-51)81(76,77)59(61,62)63)65-45(39-80-50-6-4-3-5-7-50)23-26-69-37-48-18-19-49(38-69)72(48)36-44-14-17-47(34-64-44)71-27-24-55(73)66-57(71)75/h3-17,20-21,32,34,45,48-49,65H,18-19,22-31,33,35-39H2,1-2H3,(H,67,74)(H,66,73,75)/t45-,48?,49?/m1/s1. The molecule has 4 aromatic carbocycles. The fourth-order valence-corrected chi connectivity index (χ4v) is 15.0. The fourth-order valence-electron chi connectivity index (χ4n) is 11.9. The maximum atomic E-state index is 14.5. The van der Waals surface area contributed by atoms with E-state index in [9.17, 15) is 44.4 Å². The summed E-state index contributed by atoms with van der Waals surface area (Å²) in [5, 5.41) is 6.11. The van der Waals surface area contributed by atoms with Gasteiger partial charge in [0.25, 0.3) is 25.8 Å². The Labute approximate surface area is 486 Å². The van der Waals surface area contributed by atoms with Gasteiger partial charge in [-0.3, -0.25) is 34.6 Å². The average Bonchev–Trinajstić information content (AvgIpc) is 3.54. The molecule has 10 rings (SSSR count). The molecule has 1 aliphatic carbocycles. The molecule has 5 aliphatic rings. The number of sulfone groups is 1. The zero-order valence-corrected chi connectivity index (χ0v) is 48.9. The normalized spacial score (nSPS) is 20.7. The van der Waals surface area contributed by atoms with E-state index >= 15 is 0 Å². The number of likely N-dealkylation sites (tertiary alicyclic amines) is 1. The molecule has 1 aromatic heterocycles. The highest BCUT2D eigenvalue weighted by molar-refractivity contribution is 7.99. The van der Waals surface area contributed by atoms with E-state index in [4.69, 9.17) is 11.6 Å². The minimum Gasteiger partial charge on any atom is -0.380 e. The summed E-state index contributed by atoms with van der Waals surface area (Å²) in [5.41, 5.74) is 0.274. The van der Waals surface area contributed by atoms with E-state index in [1.807, 2.05) is 59.3 Å². The van der Waals surface area contributed by atoms with Crippen molar-refractivity contribution in [2.24, 2.45) is 5.41 Å². The Bertz CT molecular complexity index is 3390. The molecule has 4 saturated heterocycles. The first-order chi connectivity index (χ1) is 39.1. The van der Waals surface area contributed by atoms with Crippen LogP contribution >= 0.6 is 23.4 Å². The van der Waals surface area contributed by atoms with Crippen LogP contribution in [0.4, 0.5) is 35.0 Å². The number of amides is 4. The van der Waals surface area contributed by atoms with Gasteiger partial charge in [0.15, 0.2) is 0 Å². The van der Waals surface area contributed by atoms with E-state index in [0.717, 1.165) is 93.2 Å². The summed E-state index contributed by atoms with van der Waals surface area (Å²) >= 11 is 7.66. The number of halogens is 4. The number of carbonyl (C=O) groups is 3. The molecular formula is C59H67ClF3N9O7S3. The predicted octanol–water partition coefficient (Wildman–Crippen LogP) is 9.69. The van der Waals surface area contributed by atoms with Gasteiger partial charge in [-0.05, 0) is 134 Å². The number of hydrogen-bond donors (Lipinski definition) is 3. The molecule has 4 fully saturated rings. The Morgan fingerprint density at radius 1 is 0.829 bits per heavy atom. The summed E-state index contributed by atoms with van der Waals surface area (Å²) < 4.78 is 99.9. The number of hydrogen-bond acceptors (Lipinski definition) is 14. The van der Waals surface area contributed by atoms with E-state index in [1.54, 1.807) is 18.3 Å². The Morgan fingerprint density at radius 3 is 2.18 bits per heavy atom. The number of pyridine rings is 1. The van der Waals surface area contributed by atoms with Crippen molar-refractivity contribution < 1.29 is 44.4 Å². The number of fused-ring (bicyclic) bond motifs is 2. The second-order valence-corrected chi connectivity index (χ2v) is 27.7. The lowest BCUT2D eigenvalue weighted by atomic mass is 9.73. The van der Waals surface area contributed by atoms with Crippen LogP contribution in [0.3, 0.4) is 0 Å². The summed E-state index contributed by atoms with van der Waals surface area (Å²) in [6, 6.07) is 29.4. The van der Waals surface area contributed by atoms with Gasteiger partial charge in [-0.1, -0.05) is 61.4 Å². The molecule has 2 bridgehead atoms. The van der Waals surface area contributed by atoms with Crippen molar-refractivity contribution in [2.75, 3.05) is 79.8 Å². The number of piperazine rings is 2. The zero-order chi connectivity index (χ0) is 58.0. The van der Waals surface area contributed by atoms with E-state index in [-0.39, 0.29) is 41.9 Å². The molecule has 0 spiro atoms. The Hall–Kier alpha value is -6.01. The van der Waals surface area contributed by atoms with Crippen molar-refractivity contribution in [3.8, 4) is 0 Å². The molecule has 5 heterocycles. The third-order valence-electron chi connectivity index (χ3n) is 16.3. The zero-order valence-electron chi connectivity index (χ0n) is 45.7. The monoisotopic (exact) mass is 1200 g/mol.